The third-order valence-corrected chi connectivity index (χ3v) is 3.55. The minimum absolute atomic E-state index is 0.608. The second-order valence-electron chi connectivity index (χ2n) is 5.08. The maximum Gasteiger partial charge on any atom is 0.466 e. The molecule has 10 heteroatoms. The standard InChI is InChI=1S/C15H20ClN3O.H3O4P/c1-3-19(4-2)8-5-9-20-15-13-10-12(16)6-7-14(13)17-11-18-15;1-5(2,3)4/h6-7,10-11H,3-5,8-9H2,1-2H3;(H3,1,2,3,4). The number of ether oxygens (including phenoxy) is 1. The monoisotopic (exact) mass is 391 g/mol. The Hall–Kier alpha value is -1.28. The van der Waals surface area contributed by atoms with Crippen LogP contribution in [0.2, 0.25) is 5.02 Å². The van der Waals surface area contributed by atoms with E-state index in [4.69, 9.17) is 35.6 Å². The van der Waals surface area contributed by atoms with Crippen molar-refractivity contribution in [1.82, 2.24) is 14.9 Å². The first-order valence-electron chi connectivity index (χ1n) is 7.78. The van der Waals surface area contributed by atoms with Crippen molar-refractivity contribution in [3.63, 3.8) is 0 Å². The molecular formula is C15H23ClN3O5P. The Morgan fingerprint density at radius 1 is 1.20 bits per heavy atom. The molecule has 1 aromatic heterocycles. The normalized spacial score (nSPS) is 11.3. The Bertz CT molecular complexity index is 700. The molecule has 0 aliphatic rings. The molecule has 2 aromatic rings. The summed E-state index contributed by atoms with van der Waals surface area (Å²) in [6.45, 7) is 8.17. The van der Waals surface area contributed by atoms with Gasteiger partial charge in [0, 0.05) is 11.6 Å². The summed E-state index contributed by atoms with van der Waals surface area (Å²) in [7, 11) is -4.64. The summed E-state index contributed by atoms with van der Waals surface area (Å²) in [5, 5.41) is 1.53. The van der Waals surface area contributed by atoms with E-state index in [1.54, 1.807) is 0 Å². The Kier molecular flexibility index (Phi) is 9.27. The first-order chi connectivity index (χ1) is 11.7. The maximum absolute atomic E-state index is 8.88. The molecular weight excluding hydrogens is 369 g/mol. The Morgan fingerprint density at radius 3 is 2.44 bits per heavy atom. The van der Waals surface area contributed by atoms with E-state index in [1.807, 2.05) is 18.2 Å². The third-order valence-electron chi connectivity index (χ3n) is 3.31. The van der Waals surface area contributed by atoms with Crippen LogP contribution in [0.5, 0.6) is 5.88 Å². The summed E-state index contributed by atoms with van der Waals surface area (Å²) in [6.07, 6.45) is 2.50. The summed E-state index contributed by atoms with van der Waals surface area (Å²) in [6, 6.07) is 5.54. The molecule has 1 heterocycles. The minimum atomic E-state index is -4.64. The molecule has 0 saturated heterocycles. The van der Waals surface area contributed by atoms with Crippen LogP contribution in [0.25, 0.3) is 10.9 Å². The van der Waals surface area contributed by atoms with Crippen LogP contribution in [0.4, 0.5) is 0 Å². The summed E-state index contributed by atoms with van der Waals surface area (Å²) in [5.41, 5.74) is 0.850. The minimum Gasteiger partial charge on any atom is -0.477 e. The summed E-state index contributed by atoms with van der Waals surface area (Å²) in [4.78, 5) is 32.3. The molecule has 1 aromatic carbocycles. The van der Waals surface area contributed by atoms with E-state index >= 15 is 0 Å². The highest BCUT2D eigenvalue weighted by Gasteiger charge is 2.06. The smallest absolute Gasteiger partial charge is 0.466 e. The predicted molar refractivity (Wildman–Crippen MR) is 96.7 cm³/mol. The van der Waals surface area contributed by atoms with Gasteiger partial charge in [0.2, 0.25) is 5.88 Å². The van der Waals surface area contributed by atoms with Crippen LogP contribution in [-0.4, -0.2) is 55.8 Å². The first-order valence-corrected chi connectivity index (χ1v) is 9.72. The zero-order valence-corrected chi connectivity index (χ0v) is 15.8. The van der Waals surface area contributed by atoms with Gasteiger partial charge in [-0.25, -0.2) is 14.5 Å². The fraction of sp³-hybridized carbons (Fsp3) is 0.467. The van der Waals surface area contributed by atoms with Crippen LogP contribution in [0, 0.1) is 0 Å². The number of benzene rings is 1. The van der Waals surface area contributed by atoms with Gasteiger partial charge in [-0.1, -0.05) is 25.4 Å². The number of fused-ring (bicyclic) bond motifs is 1. The number of rotatable bonds is 7. The van der Waals surface area contributed by atoms with Gasteiger partial charge < -0.3 is 24.3 Å². The van der Waals surface area contributed by atoms with Gasteiger partial charge in [0.15, 0.2) is 0 Å². The lowest BCUT2D eigenvalue weighted by molar-refractivity contribution is 0.246. The maximum atomic E-state index is 8.88. The molecule has 0 fully saturated rings. The van der Waals surface area contributed by atoms with Crippen molar-refractivity contribution in [2.24, 2.45) is 0 Å². The van der Waals surface area contributed by atoms with E-state index in [-0.39, 0.29) is 0 Å². The molecule has 0 saturated carbocycles. The third kappa shape index (κ3) is 9.11. The fourth-order valence-corrected chi connectivity index (χ4v) is 2.29. The van der Waals surface area contributed by atoms with Crippen LogP contribution in [0.1, 0.15) is 20.3 Å². The molecule has 140 valence electrons. The fourth-order valence-electron chi connectivity index (χ4n) is 2.12. The first kappa shape index (κ1) is 21.8. The topological polar surface area (TPSA) is 116 Å². The summed E-state index contributed by atoms with van der Waals surface area (Å²) in [5.74, 6) is 0.608. The van der Waals surface area contributed by atoms with Gasteiger partial charge in [-0.05, 0) is 37.7 Å². The van der Waals surface area contributed by atoms with Gasteiger partial charge in [0.1, 0.15) is 6.33 Å². The largest absolute Gasteiger partial charge is 0.477 e. The average molecular weight is 392 g/mol. The molecule has 2 rings (SSSR count). The molecule has 3 N–H and O–H groups in total. The number of nitrogens with zero attached hydrogens (tertiary/aromatic N) is 3. The zero-order chi connectivity index (χ0) is 18.9. The Balaban J connectivity index is 0.000000550. The highest BCUT2D eigenvalue weighted by molar-refractivity contribution is 7.45. The lowest BCUT2D eigenvalue weighted by atomic mass is 10.2. The van der Waals surface area contributed by atoms with Gasteiger partial charge in [-0.2, -0.15) is 0 Å². The van der Waals surface area contributed by atoms with E-state index in [0.717, 1.165) is 37.0 Å². The van der Waals surface area contributed by atoms with E-state index in [2.05, 4.69) is 28.7 Å². The molecule has 0 aliphatic carbocycles. The number of phosphoric acid groups is 1. The number of hydrogen-bond acceptors (Lipinski definition) is 5. The van der Waals surface area contributed by atoms with Gasteiger partial charge >= 0.3 is 7.82 Å². The summed E-state index contributed by atoms with van der Waals surface area (Å²) >= 11 is 6.01. The zero-order valence-electron chi connectivity index (χ0n) is 14.2. The quantitative estimate of drug-likeness (QED) is 0.487. The van der Waals surface area contributed by atoms with Gasteiger partial charge in [-0.3, -0.25) is 0 Å². The van der Waals surface area contributed by atoms with Crippen molar-refractivity contribution in [1.29, 1.82) is 0 Å². The number of aromatic nitrogens is 2. The van der Waals surface area contributed by atoms with E-state index < -0.39 is 7.82 Å². The molecule has 0 aliphatic heterocycles. The highest BCUT2D eigenvalue weighted by atomic mass is 35.5. The molecule has 0 amide bonds. The molecule has 0 bridgehead atoms. The SMILES string of the molecule is CCN(CC)CCCOc1ncnc2ccc(Cl)cc12.O=P(O)(O)O. The van der Waals surface area contributed by atoms with Crippen LogP contribution < -0.4 is 4.74 Å². The molecule has 0 unspecified atom stereocenters. The van der Waals surface area contributed by atoms with E-state index in [0.29, 0.717) is 17.5 Å². The Morgan fingerprint density at radius 2 is 1.84 bits per heavy atom. The van der Waals surface area contributed by atoms with Crippen molar-refractivity contribution < 1.29 is 24.0 Å². The second kappa shape index (κ2) is 10.7. The van der Waals surface area contributed by atoms with Crippen molar-refractivity contribution >= 4 is 30.3 Å². The highest BCUT2D eigenvalue weighted by Crippen LogP contribution is 2.26. The molecule has 8 nitrogen and oxygen atoms in total. The molecule has 0 atom stereocenters. The molecule has 0 radical (unpaired) electrons. The van der Waals surface area contributed by atoms with E-state index in [1.165, 1.54) is 6.33 Å². The van der Waals surface area contributed by atoms with Crippen molar-refractivity contribution in [3.05, 3.63) is 29.5 Å². The Labute approximate surface area is 151 Å². The van der Waals surface area contributed by atoms with Gasteiger partial charge in [0.25, 0.3) is 0 Å². The van der Waals surface area contributed by atoms with Crippen molar-refractivity contribution in [3.8, 4) is 5.88 Å². The second-order valence-corrected chi connectivity index (χ2v) is 6.55. The lowest BCUT2D eigenvalue weighted by Gasteiger charge is -2.17. The number of hydrogen-bond donors (Lipinski definition) is 3. The van der Waals surface area contributed by atoms with Crippen LogP contribution in [-0.2, 0) is 4.57 Å². The number of halogens is 1. The van der Waals surface area contributed by atoms with Crippen molar-refractivity contribution in [2.75, 3.05) is 26.2 Å². The van der Waals surface area contributed by atoms with Crippen molar-refractivity contribution in [2.45, 2.75) is 20.3 Å². The van der Waals surface area contributed by atoms with Crippen LogP contribution >= 0.6 is 19.4 Å². The average Bonchev–Trinajstić information content (AvgIpc) is 2.53. The van der Waals surface area contributed by atoms with Crippen LogP contribution in [0.15, 0.2) is 24.5 Å². The van der Waals surface area contributed by atoms with Crippen LogP contribution in [0.3, 0.4) is 0 Å². The molecule has 0 spiro atoms. The van der Waals surface area contributed by atoms with Gasteiger partial charge in [-0.15, -0.1) is 0 Å². The van der Waals surface area contributed by atoms with E-state index in [9.17, 15) is 0 Å². The predicted octanol–water partition coefficient (Wildman–Crippen LogP) is 2.47. The lowest BCUT2D eigenvalue weighted by Crippen LogP contribution is -2.25. The summed E-state index contributed by atoms with van der Waals surface area (Å²) < 4.78 is 14.7. The molecule has 25 heavy (non-hydrogen) atoms. The van der Waals surface area contributed by atoms with Gasteiger partial charge in [0.05, 0.1) is 17.5 Å².